The van der Waals surface area contributed by atoms with E-state index in [1.54, 1.807) is 42.6 Å². The molecule has 1 amide bonds. The van der Waals surface area contributed by atoms with Gasteiger partial charge in [-0.1, -0.05) is 41.4 Å². The van der Waals surface area contributed by atoms with Gasteiger partial charge in [0.2, 0.25) is 0 Å². The van der Waals surface area contributed by atoms with Crippen LogP contribution in [0.5, 0.6) is 0 Å². The van der Waals surface area contributed by atoms with Gasteiger partial charge in [0.25, 0.3) is 5.91 Å². The molecule has 0 saturated carbocycles. The Kier molecular flexibility index (Phi) is 5.92. The number of carbonyl (C=O) groups is 1. The fourth-order valence-corrected chi connectivity index (χ4v) is 3.39. The normalized spacial score (nSPS) is 11.1. The van der Waals surface area contributed by atoms with E-state index < -0.39 is 5.91 Å². The minimum Gasteiger partial charge on any atom is -0.321 e. The van der Waals surface area contributed by atoms with E-state index in [0.29, 0.717) is 21.4 Å². The zero-order valence-corrected chi connectivity index (χ0v) is 16.5. The quantitative estimate of drug-likeness (QED) is 0.423. The average molecular weight is 414 g/mol. The van der Waals surface area contributed by atoms with Crippen molar-refractivity contribution >= 4 is 52.2 Å². The Morgan fingerprint density at radius 3 is 2.67 bits per heavy atom. The van der Waals surface area contributed by atoms with Crippen molar-refractivity contribution in [3.63, 3.8) is 0 Å². The largest absolute Gasteiger partial charge is 0.321 e. The molecule has 1 heterocycles. The summed E-state index contributed by atoms with van der Waals surface area (Å²) in [6, 6.07) is 14.4. The van der Waals surface area contributed by atoms with Gasteiger partial charge in [-0.3, -0.25) is 4.79 Å². The van der Waals surface area contributed by atoms with Crippen LogP contribution >= 0.6 is 34.5 Å². The summed E-state index contributed by atoms with van der Waals surface area (Å²) in [4.78, 5) is 16.9. The van der Waals surface area contributed by atoms with Crippen LogP contribution in [0.4, 0.5) is 5.69 Å². The Bertz CT molecular complexity index is 1070. The fraction of sp³-hybridized carbons (Fsp3) is 0.0500. The van der Waals surface area contributed by atoms with Gasteiger partial charge in [0.1, 0.15) is 16.6 Å². The van der Waals surface area contributed by atoms with Gasteiger partial charge in [0.15, 0.2) is 0 Å². The lowest BCUT2D eigenvalue weighted by atomic mass is 10.1. The van der Waals surface area contributed by atoms with E-state index in [0.717, 1.165) is 16.1 Å². The van der Waals surface area contributed by atoms with Gasteiger partial charge in [-0.2, -0.15) is 5.26 Å². The lowest BCUT2D eigenvalue weighted by Crippen LogP contribution is -2.14. The number of nitriles is 1. The summed E-state index contributed by atoms with van der Waals surface area (Å²) in [6.07, 6.45) is 1.46. The van der Waals surface area contributed by atoms with Crippen molar-refractivity contribution in [2.75, 3.05) is 5.32 Å². The van der Waals surface area contributed by atoms with E-state index in [9.17, 15) is 10.1 Å². The van der Waals surface area contributed by atoms with E-state index in [2.05, 4.69) is 10.3 Å². The maximum absolute atomic E-state index is 12.4. The monoisotopic (exact) mass is 413 g/mol. The van der Waals surface area contributed by atoms with Crippen LogP contribution < -0.4 is 5.32 Å². The third-order valence-electron chi connectivity index (χ3n) is 3.79. The number of thiazole rings is 1. The number of halogens is 2. The Hall–Kier alpha value is -2.65. The molecule has 1 aromatic heterocycles. The van der Waals surface area contributed by atoms with Crippen LogP contribution in [0.1, 0.15) is 11.3 Å². The number of amides is 1. The van der Waals surface area contributed by atoms with Crippen LogP contribution in [0.2, 0.25) is 10.0 Å². The number of benzene rings is 2. The highest BCUT2D eigenvalue weighted by Gasteiger charge is 2.13. The van der Waals surface area contributed by atoms with Crippen molar-refractivity contribution in [3.8, 4) is 16.6 Å². The topological polar surface area (TPSA) is 65.8 Å². The first kappa shape index (κ1) is 19.1. The average Bonchev–Trinajstić information content (AvgIpc) is 3.12. The van der Waals surface area contributed by atoms with Gasteiger partial charge >= 0.3 is 0 Å². The molecule has 0 aliphatic heterocycles. The van der Waals surface area contributed by atoms with E-state index in [1.165, 1.54) is 17.4 Å². The van der Waals surface area contributed by atoms with Crippen LogP contribution in [0.25, 0.3) is 16.6 Å². The highest BCUT2D eigenvalue weighted by Crippen LogP contribution is 2.26. The predicted octanol–water partition coefficient (Wildman–Crippen LogP) is 5.97. The number of rotatable bonds is 4. The summed E-state index contributed by atoms with van der Waals surface area (Å²) in [5.41, 5.74) is 2.72. The molecule has 0 atom stereocenters. The van der Waals surface area contributed by atoms with Crippen molar-refractivity contribution in [2.24, 2.45) is 0 Å². The number of nitrogens with one attached hydrogen (secondary N) is 1. The SMILES string of the molecule is Cc1c(Cl)cccc1NC(=O)/C(C#N)=C/c1csc(-c2ccc(Cl)cc2)n1. The summed E-state index contributed by atoms with van der Waals surface area (Å²) in [5.74, 6) is -0.510. The molecule has 0 spiro atoms. The minimum absolute atomic E-state index is 0.0395. The van der Waals surface area contributed by atoms with Gasteiger partial charge in [-0.15, -0.1) is 11.3 Å². The molecule has 27 heavy (non-hydrogen) atoms. The Morgan fingerprint density at radius 1 is 1.22 bits per heavy atom. The zero-order chi connectivity index (χ0) is 19.4. The second-order valence-corrected chi connectivity index (χ2v) is 7.32. The molecule has 0 aliphatic carbocycles. The maximum Gasteiger partial charge on any atom is 0.266 e. The smallest absolute Gasteiger partial charge is 0.266 e. The van der Waals surface area contributed by atoms with Gasteiger partial charge in [-0.25, -0.2) is 4.98 Å². The third-order valence-corrected chi connectivity index (χ3v) is 5.36. The van der Waals surface area contributed by atoms with Gasteiger partial charge in [0.05, 0.1) is 5.69 Å². The summed E-state index contributed by atoms with van der Waals surface area (Å²) in [6.45, 7) is 1.80. The van der Waals surface area contributed by atoms with Gasteiger partial charge in [0, 0.05) is 26.7 Å². The van der Waals surface area contributed by atoms with Crippen LogP contribution in [-0.2, 0) is 4.79 Å². The number of nitrogens with zero attached hydrogens (tertiary/aromatic N) is 2. The molecule has 0 saturated heterocycles. The van der Waals surface area contributed by atoms with E-state index >= 15 is 0 Å². The standard InChI is InChI=1S/C20H13Cl2N3OS/c1-12-17(22)3-2-4-18(12)25-19(26)14(10-23)9-16-11-27-20(24-16)13-5-7-15(21)8-6-13/h2-9,11H,1H3,(H,25,26)/b14-9+. The molecule has 0 aliphatic rings. The summed E-state index contributed by atoms with van der Waals surface area (Å²) >= 11 is 13.4. The van der Waals surface area contributed by atoms with Crippen LogP contribution in [-0.4, -0.2) is 10.9 Å². The van der Waals surface area contributed by atoms with Crippen LogP contribution in [0, 0.1) is 18.3 Å². The summed E-state index contributed by atoms with van der Waals surface area (Å²) < 4.78 is 0. The first-order chi connectivity index (χ1) is 13.0. The lowest BCUT2D eigenvalue weighted by molar-refractivity contribution is -0.112. The van der Waals surface area contributed by atoms with Crippen molar-refractivity contribution in [2.45, 2.75) is 6.92 Å². The number of hydrogen-bond acceptors (Lipinski definition) is 4. The molecule has 4 nitrogen and oxygen atoms in total. The van der Waals surface area contributed by atoms with Crippen LogP contribution in [0.15, 0.2) is 53.4 Å². The van der Waals surface area contributed by atoms with Crippen molar-refractivity contribution in [1.29, 1.82) is 5.26 Å². The molecule has 0 radical (unpaired) electrons. The predicted molar refractivity (Wildman–Crippen MR) is 111 cm³/mol. The van der Waals surface area contributed by atoms with Gasteiger partial charge in [-0.05, 0) is 42.8 Å². The molecule has 0 fully saturated rings. The highest BCUT2D eigenvalue weighted by atomic mass is 35.5. The number of anilines is 1. The van der Waals surface area contributed by atoms with E-state index in [4.69, 9.17) is 23.2 Å². The number of carbonyl (C=O) groups excluding carboxylic acids is 1. The number of hydrogen-bond donors (Lipinski definition) is 1. The Labute approximate surface area is 170 Å². The Morgan fingerprint density at radius 2 is 1.96 bits per heavy atom. The second-order valence-electron chi connectivity index (χ2n) is 5.62. The van der Waals surface area contributed by atoms with Crippen molar-refractivity contribution < 1.29 is 4.79 Å². The summed E-state index contributed by atoms with van der Waals surface area (Å²) in [5, 5.41) is 15.8. The van der Waals surface area contributed by atoms with Crippen molar-refractivity contribution in [3.05, 3.63) is 74.7 Å². The molecule has 1 N–H and O–H groups in total. The van der Waals surface area contributed by atoms with Crippen LogP contribution in [0.3, 0.4) is 0 Å². The van der Waals surface area contributed by atoms with E-state index in [1.807, 2.05) is 18.2 Å². The van der Waals surface area contributed by atoms with E-state index in [-0.39, 0.29) is 5.57 Å². The van der Waals surface area contributed by atoms with Gasteiger partial charge < -0.3 is 5.32 Å². The first-order valence-corrected chi connectivity index (χ1v) is 9.51. The fourth-order valence-electron chi connectivity index (χ4n) is 2.31. The number of aromatic nitrogens is 1. The maximum atomic E-state index is 12.4. The third kappa shape index (κ3) is 4.55. The molecule has 2 aromatic carbocycles. The second kappa shape index (κ2) is 8.36. The zero-order valence-electron chi connectivity index (χ0n) is 14.2. The Balaban J connectivity index is 1.82. The lowest BCUT2D eigenvalue weighted by Gasteiger charge is -2.08. The first-order valence-electron chi connectivity index (χ1n) is 7.87. The molecule has 7 heteroatoms. The summed E-state index contributed by atoms with van der Waals surface area (Å²) in [7, 11) is 0. The minimum atomic E-state index is -0.510. The highest BCUT2D eigenvalue weighted by molar-refractivity contribution is 7.13. The molecular formula is C20H13Cl2N3OS. The van der Waals surface area contributed by atoms with Crippen molar-refractivity contribution in [1.82, 2.24) is 4.98 Å². The molecule has 3 aromatic rings. The molecule has 0 bridgehead atoms. The molecule has 3 rings (SSSR count). The molecule has 0 unspecified atom stereocenters. The molecule has 134 valence electrons. The molecular weight excluding hydrogens is 401 g/mol.